The Balaban J connectivity index is 2.21. The fraction of sp³-hybridized carbons (Fsp3) is 0.364. The summed E-state index contributed by atoms with van der Waals surface area (Å²) in [7, 11) is 1.79. The summed E-state index contributed by atoms with van der Waals surface area (Å²) in [5.41, 5.74) is 2.94. The average molecular weight is 412 g/mol. The molecule has 30 heavy (non-hydrogen) atoms. The predicted octanol–water partition coefficient (Wildman–Crippen LogP) is 4.17. The van der Waals surface area contributed by atoms with Gasteiger partial charge in [0.15, 0.2) is 5.71 Å². The Morgan fingerprint density at radius 2 is 2.07 bits per heavy atom. The van der Waals surface area contributed by atoms with Gasteiger partial charge in [0.05, 0.1) is 12.3 Å². The quantitative estimate of drug-likeness (QED) is 0.581. The molecule has 1 aromatic rings. The number of rotatable bonds is 7. The van der Waals surface area contributed by atoms with Crippen molar-refractivity contribution >= 4 is 29.2 Å². The van der Waals surface area contributed by atoms with Gasteiger partial charge < -0.3 is 20.2 Å². The highest BCUT2D eigenvalue weighted by atomic mass is 16.5. The third kappa shape index (κ3) is 5.79. The summed E-state index contributed by atoms with van der Waals surface area (Å²) >= 11 is 0. The number of amides is 1. The van der Waals surface area contributed by atoms with Gasteiger partial charge in [0, 0.05) is 30.1 Å². The molecule has 1 aliphatic heterocycles. The van der Waals surface area contributed by atoms with Gasteiger partial charge in [0.25, 0.3) is 0 Å². The van der Waals surface area contributed by atoms with Gasteiger partial charge in [0.2, 0.25) is 0 Å². The van der Waals surface area contributed by atoms with Gasteiger partial charge in [-0.15, -0.1) is 0 Å². The lowest BCUT2D eigenvalue weighted by Crippen LogP contribution is -2.26. The molecule has 2 rings (SSSR count). The molecule has 160 valence electrons. The lowest BCUT2D eigenvalue weighted by molar-refractivity contribution is -0.129. The lowest BCUT2D eigenvalue weighted by atomic mass is 10.0. The standard InChI is InChI=1S/C22H28N4O4/c1-6-16-10-19(21(27)28)25-20(26(16)5)11-18(23)17-8-7-15(9-14(17)4)24-22(29)30-12-13(2)3/h7-11,13,23H,6,12H2,1-5H3,(H,24,29)(H,27,28)/b20-11-,23-18?. The first-order chi connectivity index (χ1) is 14.1. The molecule has 0 saturated heterocycles. The predicted molar refractivity (Wildman–Crippen MR) is 117 cm³/mol. The van der Waals surface area contributed by atoms with E-state index in [0.29, 0.717) is 30.1 Å². The van der Waals surface area contributed by atoms with Crippen LogP contribution in [0, 0.1) is 18.3 Å². The number of hydrogen-bond donors (Lipinski definition) is 3. The van der Waals surface area contributed by atoms with Gasteiger partial charge in [-0.25, -0.2) is 14.6 Å². The first kappa shape index (κ1) is 22.9. The number of carboxylic acid groups (broad SMARTS) is 1. The van der Waals surface area contributed by atoms with Crippen LogP contribution in [0.25, 0.3) is 0 Å². The number of benzene rings is 1. The molecule has 1 aromatic carbocycles. The molecule has 0 spiro atoms. The number of allylic oxidation sites excluding steroid dienone is 2. The van der Waals surface area contributed by atoms with E-state index < -0.39 is 12.1 Å². The second kappa shape index (κ2) is 9.87. The Bertz CT molecular complexity index is 944. The van der Waals surface area contributed by atoms with E-state index in [-0.39, 0.29) is 17.3 Å². The third-order valence-corrected chi connectivity index (χ3v) is 4.48. The van der Waals surface area contributed by atoms with E-state index in [1.807, 2.05) is 27.7 Å². The number of carbonyl (C=O) groups is 2. The zero-order valence-corrected chi connectivity index (χ0v) is 17.9. The van der Waals surface area contributed by atoms with E-state index in [9.17, 15) is 14.7 Å². The van der Waals surface area contributed by atoms with E-state index in [2.05, 4.69) is 10.3 Å². The Labute approximate surface area is 176 Å². The van der Waals surface area contributed by atoms with Crippen molar-refractivity contribution in [1.82, 2.24) is 4.90 Å². The largest absolute Gasteiger partial charge is 0.477 e. The van der Waals surface area contributed by atoms with E-state index in [1.165, 1.54) is 12.2 Å². The highest BCUT2D eigenvalue weighted by Crippen LogP contribution is 2.22. The first-order valence-corrected chi connectivity index (χ1v) is 9.73. The van der Waals surface area contributed by atoms with Crippen LogP contribution in [0.5, 0.6) is 0 Å². The lowest BCUT2D eigenvalue weighted by Gasteiger charge is -2.26. The minimum Gasteiger partial charge on any atom is -0.477 e. The molecule has 1 aliphatic rings. The minimum atomic E-state index is -1.11. The molecule has 0 aliphatic carbocycles. The highest BCUT2D eigenvalue weighted by molar-refractivity contribution is 6.41. The highest BCUT2D eigenvalue weighted by Gasteiger charge is 2.20. The van der Waals surface area contributed by atoms with Crippen molar-refractivity contribution in [1.29, 1.82) is 5.41 Å². The Morgan fingerprint density at radius 1 is 1.37 bits per heavy atom. The minimum absolute atomic E-state index is 0.0554. The number of nitrogens with one attached hydrogen (secondary N) is 2. The summed E-state index contributed by atoms with van der Waals surface area (Å²) < 4.78 is 5.11. The number of hydrogen-bond acceptors (Lipinski definition) is 6. The van der Waals surface area contributed by atoms with Crippen LogP contribution >= 0.6 is 0 Å². The second-order valence-electron chi connectivity index (χ2n) is 7.41. The zero-order valence-electron chi connectivity index (χ0n) is 17.9. The number of ether oxygens (including phenoxy) is 1. The number of aliphatic carboxylic acids is 1. The van der Waals surface area contributed by atoms with Crippen LogP contribution in [0.2, 0.25) is 0 Å². The van der Waals surface area contributed by atoms with Crippen LogP contribution in [0.3, 0.4) is 0 Å². The molecule has 0 bridgehead atoms. The Hall–Kier alpha value is -3.42. The van der Waals surface area contributed by atoms with E-state index in [1.54, 1.807) is 30.1 Å². The van der Waals surface area contributed by atoms with Crippen molar-refractivity contribution in [3.63, 3.8) is 0 Å². The SMILES string of the molecule is CCC1=CC(C(=O)O)=N/C(=C/C(=N)c2ccc(NC(=O)OCC(C)C)cc2C)N1C. The van der Waals surface area contributed by atoms with Crippen LogP contribution in [0.1, 0.15) is 38.3 Å². The van der Waals surface area contributed by atoms with Crippen LogP contribution < -0.4 is 5.32 Å². The van der Waals surface area contributed by atoms with Gasteiger partial charge >= 0.3 is 12.1 Å². The number of aryl methyl sites for hydroxylation is 1. The molecule has 8 nitrogen and oxygen atoms in total. The fourth-order valence-corrected chi connectivity index (χ4v) is 2.86. The maximum absolute atomic E-state index is 11.8. The van der Waals surface area contributed by atoms with Crippen molar-refractivity contribution in [2.75, 3.05) is 19.0 Å². The van der Waals surface area contributed by atoms with Gasteiger partial charge in [-0.1, -0.05) is 26.8 Å². The molecule has 0 atom stereocenters. The molecule has 0 unspecified atom stereocenters. The van der Waals surface area contributed by atoms with Crippen molar-refractivity contribution in [2.45, 2.75) is 34.1 Å². The monoisotopic (exact) mass is 412 g/mol. The molecule has 3 N–H and O–H groups in total. The normalized spacial score (nSPS) is 15.0. The average Bonchev–Trinajstić information content (AvgIpc) is 2.67. The summed E-state index contributed by atoms with van der Waals surface area (Å²) in [6.45, 7) is 8.01. The van der Waals surface area contributed by atoms with E-state index >= 15 is 0 Å². The zero-order chi connectivity index (χ0) is 22.4. The smallest absolute Gasteiger partial charge is 0.411 e. The Morgan fingerprint density at radius 3 is 2.63 bits per heavy atom. The van der Waals surface area contributed by atoms with Crippen LogP contribution in [-0.4, -0.2) is 47.1 Å². The topological polar surface area (TPSA) is 115 Å². The molecular weight excluding hydrogens is 384 g/mol. The summed E-state index contributed by atoms with van der Waals surface area (Å²) in [6, 6.07) is 5.18. The van der Waals surface area contributed by atoms with Gasteiger partial charge in [-0.05, 0) is 43.0 Å². The Kier molecular flexibility index (Phi) is 7.52. The van der Waals surface area contributed by atoms with Gasteiger partial charge in [-0.3, -0.25) is 5.32 Å². The molecule has 1 heterocycles. The molecule has 0 radical (unpaired) electrons. The molecule has 0 fully saturated rings. The van der Waals surface area contributed by atoms with Gasteiger partial charge in [-0.2, -0.15) is 0 Å². The van der Waals surface area contributed by atoms with Gasteiger partial charge in [0.1, 0.15) is 5.82 Å². The van der Waals surface area contributed by atoms with Crippen molar-refractivity contribution in [3.05, 3.63) is 53.0 Å². The van der Waals surface area contributed by atoms with Crippen molar-refractivity contribution < 1.29 is 19.4 Å². The summed E-state index contributed by atoms with van der Waals surface area (Å²) in [6.07, 6.45) is 3.19. The summed E-state index contributed by atoms with van der Waals surface area (Å²) in [5, 5.41) is 20.4. The maximum Gasteiger partial charge on any atom is 0.411 e. The summed E-state index contributed by atoms with van der Waals surface area (Å²) in [5.74, 6) is -0.475. The fourth-order valence-electron chi connectivity index (χ4n) is 2.86. The maximum atomic E-state index is 11.8. The van der Waals surface area contributed by atoms with Crippen LogP contribution in [0.15, 0.2) is 46.9 Å². The number of carbonyl (C=O) groups excluding carboxylic acids is 1. The molecular formula is C22H28N4O4. The van der Waals surface area contributed by atoms with E-state index in [4.69, 9.17) is 10.1 Å². The molecule has 1 amide bonds. The summed E-state index contributed by atoms with van der Waals surface area (Å²) in [4.78, 5) is 29.1. The molecule has 0 saturated carbocycles. The third-order valence-electron chi connectivity index (χ3n) is 4.48. The second-order valence-corrected chi connectivity index (χ2v) is 7.41. The number of aliphatic imine (C=N–C) groups is 1. The van der Waals surface area contributed by atoms with Crippen molar-refractivity contribution in [2.24, 2.45) is 10.9 Å². The number of nitrogens with zero attached hydrogens (tertiary/aromatic N) is 2. The number of anilines is 1. The first-order valence-electron chi connectivity index (χ1n) is 9.73. The van der Waals surface area contributed by atoms with Crippen molar-refractivity contribution in [3.8, 4) is 0 Å². The van der Waals surface area contributed by atoms with E-state index in [0.717, 1.165) is 11.3 Å². The van der Waals surface area contributed by atoms with Crippen LogP contribution in [-0.2, 0) is 9.53 Å². The molecule has 0 aromatic heterocycles. The van der Waals surface area contributed by atoms with Crippen LogP contribution in [0.4, 0.5) is 10.5 Å². The number of carboxylic acids is 1. The molecule has 8 heteroatoms.